The fourth-order valence-corrected chi connectivity index (χ4v) is 5.06. The van der Waals surface area contributed by atoms with Crippen LogP contribution in [-0.2, 0) is 17.8 Å². The van der Waals surface area contributed by atoms with Gasteiger partial charge in [0.1, 0.15) is 0 Å². The molecule has 0 aromatic carbocycles. The van der Waals surface area contributed by atoms with Gasteiger partial charge >= 0.3 is 12.2 Å². The highest BCUT2D eigenvalue weighted by Gasteiger charge is 2.34. The normalized spacial score (nSPS) is 13.4. The molecule has 0 aliphatic heterocycles. The van der Waals surface area contributed by atoms with Crippen molar-refractivity contribution in [1.29, 1.82) is 0 Å². The van der Waals surface area contributed by atoms with E-state index in [0.717, 1.165) is 29.0 Å². The summed E-state index contributed by atoms with van der Waals surface area (Å²) in [5, 5.41) is 16.0. The molecular weight excluding hydrogens is 432 g/mol. The van der Waals surface area contributed by atoms with Crippen molar-refractivity contribution in [3.05, 3.63) is 44.8 Å². The van der Waals surface area contributed by atoms with Crippen molar-refractivity contribution in [1.82, 2.24) is 10.2 Å². The molecule has 1 unspecified atom stereocenters. The van der Waals surface area contributed by atoms with Crippen molar-refractivity contribution in [2.45, 2.75) is 66.1 Å². The number of amides is 2. The predicted molar refractivity (Wildman–Crippen MR) is 127 cm³/mol. The van der Waals surface area contributed by atoms with Gasteiger partial charge in [-0.1, -0.05) is 52.7 Å². The number of nitrogens with one attached hydrogen (secondary N) is 1. The zero-order valence-corrected chi connectivity index (χ0v) is 20.4. The summed E-state index contributed by atoms with van der Waals surface area (Å²) in [6, 6.07) is 7.65. The summed E-state index contributed by atoms with van der Waals surface area (Å²) in [6.45, 7) is 9.29. The van der Waals surface area contributed by atoms with Crippen LogP contribution >= 0.6 is 22.7 Å². The van der Waals surface area contributed by atoms with Crippen LogP contribution in [0.4, 0.5) is 9.59 Å². The summed E-state index contributed by atoms with van der Waals surface area (Å²) >= 11 is 3.22. The Hall–Kier alpha value is -2.06. The minimum atomic E-state index is -1.05. The van der Waals surface area contributed by atoms with E-state index in [1.807, 2.05) is 55.8 Å². The number of rotatable bonds is 11. The first kappa shape index (κ1) is 25.2. The molecule has 0 spiro atoms. The highest BCUT2D eigenvalue weighted by molar-refractivity contribution is 7.10. The third kappa shape index (κ3) is 8.53. The van der Waals surface area contributed by atoms with Crippen LogP contribution in [0.25, 0.3) is 0 Å². The molecule has 2 rings (SSSR count). The van der Waals surface area contributed by atoms with Gasteiger partial charge in [0, 0.05) is 21.7 Å². The van der Waals surface area contributed by atoms with Gasteiger partial charge in [-0.05, 0) is 34.7 Å². The maximum atomic E-state index is 13.0. The summed E-state index contributed by atoms with van der Waals surface area (Å²) in [5.74, 6) is -0.0923. The number of carboxylic acid groups (broad SMARTS) is 1. The van der Waals surface area contributed by atoms with Crippen LogP contribution in [-0.4, -0.2) is 34.8 Å². The Morgan fingerprint density at radius 2 is 1.71 bits per heavy atom. The molecule has 2 heterocycles. The Bertz CT molecular complexity index is 749. The van der Waals surface area contributed by atoms with Crippen molar-refractivity contribution >= 4 is 34.9 Å². The molecular formula is C23H34N2O4S2. The summed E-state index contributed by atoms with van der Waals surface area (Å²) in [5.41, 5.74) is -0.295. The smallest absolute Gasteiger partial charge is 0.410 e. The Labute approximate surface area is 193 Å². The van der Waals surface area contributed by atoms with E-state index in [4.69, 9.17) is 4.74 Å². The minimum absolute atomic E-state index is 0.0923. The number of hydrogen-bond acceptors (Lipinski definition) is 5. The molecule has 0 bridgehead atoms. The predicted octanol–water partition coefficient (Wildman–Crippen LogP) is 6.44. The number of carbonyl (C=O) groups excluding carboxylic acids is 1. The highest BCUT2D eigenvalue weighted by atomic mass is 32.1. The number of thiophene rings is 2. The summed E-state index contributed by atoms with van der Waals surface area (Å²) in [4.78, 5) is 28.4. The Morgan fingerprint density at radius 3 is 2.13 bits per heavy atom. The zero-order chi connectivity index (χ0) is 22.9. The Kier molecular flexibility index (Phi) is 9.84. The van der Waals surface area contributed by atoms with Crippen LogP contribution < -0.4 is 5.32 Å². The molecule has 2 aromatic rings. The van der Waals surface area contributed by atoms with Gasteiger partial charge in [0.25, 0.3) is 0 Å². The van der Waals surface area contributed by atoms with Crippen LogP contribution in [0.1, 0.15) is 56.7 Å². The van der Waals surface area contributed by atoms with E-state index in [0.29, 0.717) is 13.1 Å². The molecule has 0 aliphatic carbocycles. The van der Waals surface area contributed by atoms with Gasteiger partial charge in [0.05, 0.1) is 19.7 Å². The molecule has 8 heteroatoms. The third-order valence-corrected chi connectivity index (χ3v) is 6.87. The lowest BCUT2D eigenvalue weighted by Crippen LogP contribution is -2.50. The molecule has 172 valence electrons. The van der Waals surface area contributed by atoms with E-state index in [1.165, 1.54) is 0 Å². The van der Waals surface area contributed by atoms with Gasteiger partial charge in [0.2, 0.25) is 0 Å². The fraction of sp³-hybridized carbons (Fsp3) is 0.565. The summed E-state index contributed by atoms with van der Waals surface area (Å²) < 4.78 is 5.78. The molecule has 0 saturated heterocycles. The lowest BCUT2D eigenvalue weighted by Gasteiger charge is -2.37. The minimum Gasteiger partial charge on any atom is -0.465 e. The molecule has 2 atom stereocenters. The Morgan fingerprint density at radius 1 is 1.13 bits per heavy atom. The van der Waals surface area contributed by atoms with Crippen LogP contribution in [0.2, 0.25) is 0 Å². The molecule has 2 aromatic heterocycles. The highest BCUT2D eigenvalue weighted by Crippen LogP contribution is 2.29. The van der Waals surface area contributed by atoms with Crippen LogP contribution in [0.15, 0.2) is 35.0 Å². The van der Waals surface area contributed by atoms with E-state index in [1.54, 1.807) is 27.6 Å². The molecule has 2 N–H and O–H groups in total. The summed E-state index contributed by atoms with van der Waals surface area (Å²) in [6.07, 6.45) is 1.32. The average molecular weight is 467 g/mol. The first-order valence-corrected chi connectivity index (χ1v) is 12.4. The second kappa shape index (κ2) is 12.1. The number of unbranched alkanes of at least 4 members (excludes halogenated alkanes) is 1. The molecule has 6 nitrogen and oxygen atoms in total. The van der Waals surface area contributed by atoms with Gasteiger partial charge in [-0.15, -0.1) is 22.7 Å². The lowest BCUT2D eigenvalue weighted by atomic mass is 9.77. The maximum Gasteiger partial charge on any atom is 0.410 e. The fourth-order valence-electron chi connectivity index (χ4n) is 3.62. The number of nitrogens with zero attached hydrogens (tertiary/aromatic N) is 1. The molecule has 0 saturated carbocycles. The number of ether oxygens (including phenoxy) is 1. The standard InChI is InChI=1S/C23H34N2O4S2/c1-5-6-9-17(20(23(2,3)4)24-21(26)27)16-29-22(28)25(14-18-10-7-12-30-18)15-19-11-8-13-31-19/h7-8,10-13,17,20,24H,5-6,9,14-16H2,1-4H3,(H,26,27)/t17-,20?/m1/s1. The van der Waals surface area contributed by atoms with Crippen molar-refractivity contribution in [3.8, 4) is 0 Å². The summed E-state index contributed by atoms with van der Waals surface area (Å²) in [7, 11) is 0. The van der Waals surface area contributed by atoms with Gasteiger partial charge in [-0.25, -0.2) is 9.59 Å². The monoisotopic (exact) mass is 466 g/mol. The topological polar surface area (TPSA) is 78.9 Å². The van der Waals surface area contributed by atoms with E-state index in [-0.39, 0.29) is 30.1 Å². The molecule has 2 amide bonds. The van der Waals surface area contributed by atoms with Crippen molar-refractivity contribution in [2.75, 3.05) is 6.61 Å². The first-order chi connectivity index (χ1) is 14.7. The average Bonchev–Trinajstić information content (AvgIpc) is 3.39. The van der Waals surface area contributed by atoms with E-state index >= 15 is 0 Å². The van der Waals surface area contributed by atoms with Crippen LogP contribution in [0, 0.1) is 11.3 Å². The van der Waals surface area contributed by atoms with E-state index in [9.17, 15) is 14.7 Å². The molecule has 0 aliphatic rings. The lowest BCUT2D eigenvalue weighted by molar-refractivity contribution is 0.0586. The third-order valence-electron chi connectivity index (χ3n) is 5.14. The first-order valence-electron chi connectivity index (χ1n) is 10.7. The number of carbonyl (C=O) groups is 2. The van der Waals surface area contributed by atoms with Gasteiger partial charge < -0.3 is 15.2 Å². The van der Waals surface area contributed by atoms with E-state index < -0.39 is 6.09 Å². The zero-order valence-electron chi connectivity index (χ0n) is 18.8. The number of hydrogen-bond donors (Lipinski definition) is 2. The second-order valence-electron chi connectivity index (χ2n) is 8.79. The van der Waals surface area contributed by atoms with Crippen molar-refractivity contribution < 1.29 is 19.4 Å². The molecule has 31 heavy (non-hydrogen) atoms. The molecule has 0 fully saturated rings. The van der Waals surface area contributed by atoms with Crippen molar-refractivity contribution in [3.63, 3.8) is 0 Å². The van der Waals surface area contributed by atoms with Crippen LogP contribution in [0.3, 0.4) is 0 Å². The van der Waals surface area contributed by atoms with Gasteiger partial charge in [0.15, 0.2) is 0 Å². The Balaban J connectivity index is 2.11. The van der Waals surface area contributed by atoms with Gasteiger partial charge in [-0.2, -0.15) is 0 Å². The van der Waals surface area contributed by atoms with Crippen LogP contribution in [0.5, 0.6) is 0 Å². The van der Waals surface area contributed by atoms with E-state index in [2.05, 4.69) is 12.2 Å². The maximum absolute atomic E-state index is 13.0. The quantitative estimate of drug-likeness (QED) is 0.399. The largest absolute Gasteiger partial charge is 0.465 e. The van der Waals surface area contributed by atoms with Crippen molar-refractivity contribution in [2.24, 2.45) is 11.3 Å². The SMILES string of the molecule is CCCC[C@H](COC(=O)N(Cc1cccs1)Cc1cccs1)C(NC(=O)O)C(C)(C)C. The van der Waals surface area contributed by atoms with Gasteiger partial charge in [-0.3, -0.25) is 4.90 Å². The second-order valence-corrected chi connectivity index (χ2v) is 10.9. The molecule has 0 radical (unpaired) electrons.